The largest absolute Gasteiger partial charge is 0.551 e. The van der Waals surface area contributed by atoms with Crippen molar-refractivity contribution in [2.75, 3.05) is 7.11 Å². The third-order valence-electron chi connectivity index (χ3n) is 1.77. The summed E-state index contributed by atoms with van der Waals surface area (Å²) in [5.41, 5.74) is 1.20. The number of rotatable bonds is 4. The van der Waals surface area contributed by atoms with Crippen molar-refractivity contribution >= 4 is 17.1 Å². The molecule has 0 saturated carbocycles. The maximum Gasteiger partial charge on any atom is 0.264 e. The van der Waals surface area contributed by atoms with Gasteiger partial charge in [0.05, 0.1) is 21.5 Å². The van der Waals surface area contributed by atoms with E-state index < -0.39 is 26.9 Å². The highest BCUT2D eigenvalue weighted by molar-refractivity contribution is 5.77. The molecule has 0 fully saturated rings. The third kappa shape index (κ3) is 2.44. The number of benzene rings is 1. The van der Waals surface area contributed by atoms with Crippen LogP contribution in [0.5, 0.6) is 0 Å². The summed E-state index contributed by atoms with van der Waals surface area (Å²) >= 11 is 0. The van der Waals surface area contributed by atoms with Gasteiger partial charge in [-0.1, -0.05) is 0 Å². The van der Waals surface area contributed by atoms with Gasteiger partial charge in [0, 0.05) is 24.9 Å². The van der Waals surface area contributed by atoms with Crippen LogP contribution in [0.15, 0.2) is 12.1 Å². The molecule has 9 nitrogen and oxygen atoms in total. The maximum absolute atomic E-state index is 10.7. The molecule has 0 saturated heterocycles. The van der Waals surface area contributed by atoms with Gasteiger partial charge in [0.2, 0.25) is 0 Å². The number of hydrogen-bond donors (Lipinski definition) is 0. The van der Waals surface area contributed by atoms with Crippen LogP contribution in [0.2, 0.25) is 0 Å². The fraction of sp³-hybridized carbons (Fsp3) is 0.125. The molecule has 0 aromatic heterocycles. The molecular weight excluding hydrogens is 232 g/mol. The topological polar surface area (TPSA) is 133 Å². The monoisotopic (exact) mass is 237 g/mol. The molecule has 0 unspecified atom stereocenters. The fourth-order valence-electron chi connectivity index (χ4n) is 1.13. The van der Waals surface area contributed by atoms with E-state index in [1.807, 2.05) is 0 Å². The Bertz CT molecular complexity index is 486. The zero-order valence-corrected chi connectivity index (χ0v) is 8.48. The van der Waals surface area contributed by atoms with Gasteiger partial charge in [-0.3, -0.25) is 20.2 Å². The minimum absolute atomic E-state index is 0.196. The number of hydrogen-bond acceptors (Lipinski definition) is 6. The Morgan fingerprint density at radius 1 is 1.29 bits per heavy atom. The number of nitro benzene ring substituents is 2. The van der Waals surface area contributed by atoms with E-state index in [4.69, 9.17) is 5.26 Å². The summed E-state index contributed by atoms with van der Waals surface area (Å²) in [5.74, 6) is 0. The summed E-state index contributed by atoms with van der Waals surface area (Å²) in [7, 11) is 1.10. The van der Waals surface area contributed by atoms with Crippen molar-refractivity contribution in [1.29, 1.82) is 5.26 Å². The zero-order valence-electron chi connectivity index (χ0n) is 8.48. The van der Waals surface area contributed by atoms with Crippen LogP contribution in [0, 0.1) is 31.6 Å². The Kier molecular flexibility index (Phi) is 3.53. The molecule has 0 aliphatic heterocycles. The highest BCUT2D eigenvalue weighted by Crippen LogP contribution is 2.40. The molecule has 9 heteroatoms. The summed E-state index contributed by atoms with van der Waals surface area (Å²) in [6.07, 6.45) is 0. The van der Waals surface area contributed by atoms with E-state index in [-0.39, 0.29) is 5.56 Å². The lowest BCUT2D eigenvalue weighted by molar-refractivity contribution is -0.392. The first-order valence-corrected chi connectivity index (χ1v) is 4.12. The summed E-state index contributed by atoms with van der Waals surface area (Å²) < 4.78 is 0. The predicted molar refractivity (Wildman–Crippen MR) is 54.5 cm³/mol. The van der Waals surface area contributed by atoms with Gasteiger partial charge in [0.25, 0.3) is 11.4 Å². The second-order valence-corrected chi connectivity index (χ2v) is 2.76. The van der Waals surface area contributed by atoms with Crippen molar-refractivity contribution in [3.63, 3.8) is 0 Å². The van der Waals surface area contributed by atoms with E-state index in [0.717, 1.165) is 19.2 Å². The quantitative estimate of drug-likeness (QED) is 0.580. The van der Waals surface area contributed by atoms with E-state index >= 15 is 0 Å². The van der Waals surface area contributed by atoms with E-state index in [1.54, 1.807) is 6.07 Å². The zero-order chi connectivity index (χ0) is 13.0. The van der Waals surface area contributed by atoms with Crippen LogP contribution >= 0.6 is 0 Å². The number of nitro groups is 2. The molecule has 0 spiro atoms. The first kappa shape index (κ1) is 12.3. The molecule has 0 aliphatic rings. The van der Waals surface area contributed by atoms with E-state index in [9.17, 15) is 20.2 Å². The second kappa shape index (κ2) is 4.86. The minimum Gasteiger partial charge on any atom is -0.551 e. The van der Waals surface area contributed by atoms with Gasteiger partial charge in [-0.05, 0) is 0 Å². The molecule has 0 heterocycles. The molecule has 0 atom stereocenters. The van der Waals surface area contributed by atoms with Crippen molar-refractivity contribution in [2.45, 2.75) is 0 Å². The molecule has 17 heavy (non-hydrogen) atoms. The van der Waals surface area contributed by atoms with Crippen LogP contribution in [0.3, 0.4) is 0 Å². The SMILES string of the molecule is CO[N-]c1c([N+](=O)[O-])cc(C#N)cc1[N+](=O)[O-]. The molecule has 1 rings (SSSR count). The van der Waals surface area contributed by atoms with E-state index in [1.165, 1.54) is 0 Å². The Labute approximate surface area is 94.5 Å². The van der Waals surface area contributed by atoms with Crippen molar-refractivity contribution < 1.29 is 14.7 Å². The summed E-state index contributed by atoms with van der Waals surface area (Å²) in [5, 5.41) is 30.0. The van der Waals surface area contributed by atoms with Gasteiger partial charge in [0.15, 0.2) is 0 Å². The molecule has 1 aromatic carbocycles. The van der Waals surface area contributed by atoms with Crippen molar-refractivity contribution in [2.24, 2.45) is 0 Å². The molecule has 0 amide bonds. The summed E-state index contributed by atoms with van der Waals surface area (Å²) in [6, 6.07) is 3.38. The van der Waals surface area contributed by atoms with Crippen LogP contribution in [0.1, 0.15) is 5.56 Å². The van der Waals surface area contributed by atoms with E-state index in [2.05, 4.69) is 10.3 Å². The second-order valence-electron chi connectivity index (χ2n) is 2.76. The van der Waals surface area contributed by atoms with Crippen LogP contribution < -0.4 is 0 Å². The Hall–Kier alpha value is -2.73. The highest BCUT2D eigenvalue weighted by atomic mass is 16.6. The number of nitrogens with zero attached hydrogens (tertiary/aromatic N) is 4. The Morgan fingerprint density at radius 3 is 2.06 bits per heavy atom. The van der Waals surface area contributed by atoms with E-state index in [0.29, 0.717) is 0 Å². The highest BCUT2D eigenvalue weighted by Gasteiger charge is 2.20. The predicted octanol–water partition coefficient (Wildman–Crippen LogP) is 1.94. The summed E-state index contributed by atoms with van der Waals surface area (Å²) in [4.78, 5) is 24.0. The normalized spacial score (nSPS) is 9.41. The fourth-order valence-corrected chi connectivity index (χ4v) is 1.13. The molecule has 0 radical (unpaired) electrons. The average molecular weight is 237 g/mol. The smallest absolute Gasteiger partial charge is 0.264 e. The van der Waals surface area contributed by atoms with Crippen LogP contribution in [0.25, 0.3) is 5.48 Å². The summed E-state index contributed by atoms with van der Waals surface area (Å²) in [6.45, 7) is 0. The first-order valence-electron chi connectivity index (χ1n) is 4.12. The van der Waals surface area contributed by atoms with Gasteiger partial charge >= 0.3 is 0 Å². The van der Waals surface area contributed by atoms with Gasteiger partial charge in [-0.2, -0.15) is 5.26 Å². The molecule has 1 aromatic rings. The lowest BCUT2D eigenvalue weighted by Gasteiger charge is -2.18. The van der Waals surface area contributed by atoms with Crippen LogP contribution in [-0.4, -0.2) is 17.0 Å². The third-order valence-corrected chi connectivity index (χ3v) is 1.77. The van der Waals surface area contributed by atoms with Gasteiger partial charge in [-0.25, -0.2) is 0 Å². The average Bonchev–Trinajstić information content (AvgIpc) is 2.28. The van der Waals surface area contributed by atoms with Crippen molar-refractivity contribution in [3.05, 3.63) is 43.4 Å². The number of nitriles is 1. The molecule has 0 bridgehead atoms. The molecule has 0 N–H and O–H groups in total. The molecule has 0 aliphatic carbocycles. The maximum atomic E-state index is 10.7. The molecular formula is C8H5N4O5-. The first-order chi connectivity index (χ1) is 8.01. The molecule has 88 valence electrons. The Balaban J connectivity index is 3.56. The lowest BCUT2D eigenvalue weighted by Crippen LogP contribution is -1.96. The minimum atomic E-state index is -0.869. The van der Waals surface area contributed by atoms with Crippen LogP contribution in [-0.2, 0) is 4.84 Å². The van der Waals surface area contributed by atoms with Crippen LogP contribution in [0.4, 0.5) is 17.1 Å². The van der Waals surface area contributed by atoms with Crippen molar-refractivity contribution in [1.82, 2.24) is 0 Å². The van der Waals surface area contributed by atoms with Gasteiger partial charge in [-0.15, -0.1) is 0 Å². The van der Waals surface area contributed by atoms with Gasteiger partial charge in [0.1, 0.15) is 0 Å². The Morgan fingerprint density at radius 2 is 1.76 bits per heavy atom. The lowest BCUT2D eigenvalue weighted by atomic mass is 10.1. The van der Waals surface area contributed by atoms with Crippen molar-refractivity contribution in [3.8, 4) is 6.07 Å². The standard InChI is InChI=1S/C8H5N4O5/c1-17-10-8-6(11(13)14)2-5(4-9)3-7(8)12(15)16/h2-3H,1H3/q-1. The van der Waals surface area contributed by atoms with Gasteiger partial charge < -0.3 is 10.3 Å².